The van der Waals surface area contributed by atoms with Crippen molar-refractivity contribution in [3.05, 3.63) is 76.7 Å². The molecule has 0 spiro atoms. The molecule has 1 amide bonds. The molecule has 0 saturated carbocycles. The molecule has 1 N–H and O–H groups in total. The number of hydrogen-bond acceptors (Lipinski definition) is 5. The van der Waals surface area contributed by atoms with E-state index in [-0.39, 0.29) is 5.91 Å². The lowest BCUT2D eigenvalue weighted by Gasteiger charge is -2.06. The zero-order chi connectivity index (χ0) is 17.9. The molecule has 1 aromatic carbocycles. The quantitative estimate of drug-likeness (QED) is 0.552. The van der Waals surface area contributed by atoms with Crippen molar-refractivity contribution in [2.45, 2.75) is 6.54 Å². The van der Waals surface area contributed by atoms with Crippen LogP contribution in [0.1, 0.15) is 15.9 Å². The van der Waals surface area contributed by atoms with Gasteiger partial charge in [-0.1, -0.05) is 12.1 Å². The van der Waals surface area contributed by atoms with Crippen LogP contribution in [-0.4, -0.2) is 20.9 Å². The molecular weight excluding hydrogens is 396 g/mol. The van der Waals surface area contributed by atoms with E-state index in [4.69, 9.17) is 4.42 Å². The second kappa shape index (κ2) is 7.05. The van der Waals surface area contributed by atoms with Crippen molar-refractivity contribution >= 4 is 33.1 Å². The van der Waals surface area contributed by atoms with Crippen LogP contribution < -0.4 is 5.32 Å². The van der Waals surface area contributed by atoms with Gasteiger partial charge in [0, 0.05) is 35.2 Å². The van der Waals surface area contributed by atoms with Gasteiger partial charge in [-0.25, -0.2) is 4.98 Å². The standard InChI is InChI=1S/C19H13BrN4O2/c20-15-8-14(10-21-11-15)18(25)23-9-12-3-5-13(6-4-12)19-24-17-16(26-19)2-1-7-22-17/h1-8,10-11H,9H2,(H,23,25). The third-order valence-electron chi connectivity index (χ3n) is 3.79. The molecule has 0 atom stereocenters. The number of fused-ring (bicyclic) bond motifs is 1. The van der Waals surface area contributed by atoms with E-state index < -0.39 is 0 Å². The normalized spacial score (nSPS) is 10.8. The number of pyridine rings is 2. The Balaban J connectivity index is 1.45. The predicted molar refractivity (Wildman–Crippen MR) is 100 cm³/mol. The summed E-state index contributed by atoms with van der Waals surface area (Å²) in [6.07, 6.45) is 4.85. The number of benzene rings is 1. The summed E-state index contributed by atoms with van der Waals surface area (Å²) >= 11 is 3.31. The second-order valence-corrected chi connectivity index (χ2v) is 6.53. The molecule has 0 aliphatic rings. The molecule has 6 nitrogen and oxygen atoms in total. The fraction of sp³-hybridized carbons (Fsp3) is 0.0526. The predicted octanol–water partition coefficient (Wildman–Crippen LogP) is 3.98. The second-order valence-electron chi connectivity index (χ2n) is 5.62. The van der Waals surface area contributed by atoms with Crippen LogP contribution in [0.15, 0.2) is 69.9 Å². The number of aromatic nitrogens is 3. The van der Waals surface area contributed by atoms with Crippen molar-refractivity contribution in [1.29, 1.82) is 0 Å². The number of nitrogens with one attached hydrogen (secondary N) is 1. The van der Waals surface area contributed by atoms with Gasteiger partial charge in [0.25, 0.3) is 5.91 Å². The summed E-state index contributed by atoms with van der Waals surface area (Å²) in [6.45, 7) is 0.417. The lowest BCUT2D eigenvalue weighted by atomic mass is 10.1. The molecule has 128 valence electrons. The lowest BCUT2D eigenvalue weighted by Crippen LogP contribution is -2.22. The van der Waals surface area contributed by atoms with Gasteiger partial charge in [-0.2, -0.15) is 4.98 Å². The average molecular weight is 409 g/mol. The number of rotatable bonds is 4. The molecule has 3 aromatic heterocycles. The van der Waals surface area contributed by atoms with Gasteiger partial charge < -0.3 is 9.73 Å². The molecule has 0 aliphatic carbocycles. The topological polar surface area (TPSA) is 80.9 Å². The Morgan fingerprint density at radius 2 is 2.00 bits per heavy atom. The minimum atomic E-state index is -0.173. The smallest absolute Gasteiger partial charge is 0.253 e. The fourth-order valence-corrected chi connectivity index (χ4v) is 2.84. The summed E-state index contributed by atoms with van der Waals surface area (Å²) in [7, 11) is 0. The lowest BCUT2D eigenvalue weighted by molar-refractivity contribution is 0.0950. The Morgan fingerprint density at radius 1 is 1.15 bits per heavy atom. The summed E-state index contributed by atoms with van der Waals surface area (Å²) in [6, 6.07) is 13.0. The first kappa shape index (κ1) is 16.4. The van der Waals surface area contributed by atoms with Gasteiger partial charge in [-0.05, 0) is 51.8 Å². The maximum absolute atomic E-state index is 12.2. The van der Waals surface area contributed by atoms with Crippen LogP contribution >= 0.6 is 15.9 Å². The largest absolute Gasteiger partial charge is 0.434 e. The van der Waals surface area contributed by atoms with Crippen LogP contribution in [-0.2, 0) is 6.54 Å². The maximum atomic E-state index is 12.2. The summed E-state index contributed by atoms with van der Waals surface area (Å²) in [5, 5.41) is 2.87. The minimum absolute atomic E-state index is 0.173. The van der Waals surface area contributed by atoms with Crippen LogP contribution in [0.3, 0.4) is 0 Å². The van der Waals surface area contributed by atoms with Crippen LogP contribution in [0.4, 0.5) is 0 Å². The van der Waals surface area contributed by atoms with Gasteiger partial charge in [0.1, 0.15) is 0 Å². The van der Waals surface area contributed by atoms with E-state index in [0.717, 1.165) is 15.6 Å². The molecule has 0 bridgehead atoms. The van der Waals surface area contributed by atoms with Crippen molar-refractivity contribution in [2.24, 2.45) is 0 Å². The van der Waals surface area contributed by atoms with Gasteiger partial charge in [-0.15, -0.1) is 0 Å². The van der Waals surface area contributed by atoms with E-state index in [2.05, 4.69) is 36.2 Å². The van der Waals surface area contributed by atoms with E-state index in [0.29, 0.717) is 29.2 Å². The first-order valence-electron chi connectivity index (χ1n) is 7.89. The number of carbonyl (C=O) groups is 1. The molecular formula is C19H13BrN4O2. The fourth-order valence-electron chi connectivity index (χ4n) is 2.48. The van der Waals surface area contributed by atoms with Gasteiger partial charge in [-0.3, -0.25) is 9.78 Å². The van der Waals surface area contributed by atoms with Crippen LogP contribution in [0.2, 0.25) is 0 Å². The first-order valence-corrected chi connectivity index (χ1v) is 8.68. The van der Waals surface area contributed by atoms with Crippen molar-refractivity contribution in [3.8, 4) is 11.5 Å². The number of oxazole rings is 1. The zero-order valence-electron chi connectivity index (χ0n) is 13.5. The number of amides is 1. The molecule has 0 unspecified atom stereocenters. The Morgan fingerprint density at radius 3 is 2.77 bits per heavy atom. The maximum Gasteiger partial charge on any atom is 0.253 e. The van der Waals surface area contributed by atoms with Gasteiger partial charge in [0.05, 0.1) is 5.56 Å². The third-order valence-corrected chi connectivity index (χ3v) is 4.22. The van der Waals surface area contributed by atoms with E-state index in [1.54, 1.807) is 18.5 Å². The molecule has 3 heterocycles. The Hall–Kier alpha value is -3.06. The molecule has 0 aliphatic heterocycles. The summed E-state index contributed by atoms with van der Waals surface area (Å²) in [4.78, 5) is 24.7. The Kier molecular flexibility index (Phi) is 4.45. The number of nitrogens with zero attached hydrogens (tertiary/aromatic N) is 3. The Bertz CT molecular complexity index is 1040. The molecule has 0 saturated heterocycles. The molecule has 0 radical (unpaired) electrons. The summed E-state index contributed by atoms with van der Waals surface area (Å²) in [5.74, 6) is 0.349. The molecule has 26 heavy (non-hydrogen) atoms. The average Bonchev–Trinajstić information content (AvgIpc) is 3.11. The highest BCUT2D eigenvalue weighted by molar-refractivity contribution is 9.10. The number of hydrogen-bond donors (Lipinski definition) is 1. The third kappa shape index (κ3) is 3.48. The van der Waals surface area contributed by atoms with Gasteiger partial charge in [0.2, 0.25) is 5.89 Å². The zero-order valence-corrected chi connectivity index (χ0v) is 15.1. The first-order chi connectivity index (χ1) is 12.7. The van der Waals surface area contributed by atoms with E-state index >= 15 is 0 Å². The molecule has 4 rings (SSSR count). The highest BCUT2D eigenvalue weighted by atomic mass is 79.9. The number of halogens is 1. The molecule has 0 fully saturated rings. The van der Waals surface area contributed by atoms with Crippen LogP contribution in [0, 0.1) is 0 Å². The van der Waals surface area contributed by atoms with E-state index in [1.807, 2.05) is 36.4 Å². The van der Waals surface area contributed by atoms with Crippen molar-refractivity contribution < 1.29 is 9.21 Å². The van der Waals surface area contributed by atoms with Crippen LogP contribution in [0.25, 0.3) is 22.7 Å². The minimum Gasteiger partial charge on any atom is -0.434 e. The molecule has 7 heteroatoms. The van der Waals surface area contributed by atoms with E-state index in [9.17, 15) is 4.79 Å². The summed E-state index contributed by atoms with van der Waals surface area (Å²) in [5.41, 5.74) is 3.58. The van der Waals surface area contributed by atoms with Crippen LogP contribution in [0.5, 0.6) is 0 Å². The number of carbonyl (C=O) groups excluding carboxylic acids is 1. The SMILES string of the molecule is O=C(NCc1ccc(-c2nc3ncccc3o2)cc1)c1cncc(Br)c1. The molecule has 4 aromatic rings. The highest BCUT2D eigenvalue weighted by Gasteiger charge is 2.09. The van der Waals surface area contributed by atoms with Crippen molar-refractivity contribution in [1.82, 2.24) is 20.3 Å². The monoisotopic (exact) mass is 408 g/mol. The summed E-state index contributed by atoms with van der Waals surface area (Å²) < 4.78 is 6.47. The highest BCUT2D eigenvalue weighted by Crippen LogP contribution is 2.23. The van der Waals surface area contributed by atoms with Gasteiger partial charge >= 0.3 is 0 Å². The van der Waals surface area contributed by atoms with Gasteiger partial charge in [0.15, 0.2) is 11.2 Å². The Labute approximate surface area is 157 Å². The van der Waals surface area contributed by atoms with Crippen molar-refractivity contribution in [3.63, 3.8) is 0 Å². The van der Waals surface area contributed by atoms with Crippen molar-refractivity contribution in [2.75, 3.05) is 0 Å². The van der Waals surface area contributed by atoms with E-state index in [1.165, 1.54) is 6.20 Å².